The first-order chi connectivity index (χ1) is 11.7. The average molecular weight is 323 g/mol. The molecule has 1 aromatic carbocycles. The third kappa shape index (κ3) is 3.40. The molecule has 5 heteroatoms. The topological polar surface area (TPSA) is 58.2 Å². The number of nitrogens with one attached hydrogen (secondary N) is 1. The van der Waals surface area contributed by atoms with Gasteiger partial charge >= 0.3 is 0 Å². The van der Waals surface area contributed by atoms with Crippen LogP contribution in [-0.4, -0.2) is 41.0 Å². The number of likely N-dealkylation sites (N-methyl/N-ethyl adjacent to an activating group) is 1. The zero-order chi connectivity index (χ0) is 16.9. The van der Waals surface area contributed by atoms with E-state index in [4.69, 9.17) is 4.74 Å². The number of aromatic amines is 1. The quantitative estimate of drug-likeness (QED) is 0.757. The molecule has 0 atom stereocenters. The molecule has 0 aliphatic heterocycles. The van der Waals surface area contributed by atoms with Gasteiger partial charge in [-0.25, -0.2) is 0 Å². The second-order valence-corrected chi connectivity index (χ2v) is 5.63. The molecule has 5 nitrogen and oxygen atoms in total. The summed E-state index contributed by atoms with van der Waals surface area (Å²) in [6, 6.07) is 11.6. The number of pyridine rings is 1. The molecule has 0 unspecified atom stereocenters. The number of amides is 1. The molecule has 124 valence electrons. The molecule has 0 aliphatic rings. The third-order valence-electron chi connectivity index (χ3n) is 4.15. The molecule has 2 aromatic heterocycles. The predicted molar refractivity (Wildman–Crippen MR) is 94.4 cm³/mol. The third-order valence-corrected chi connectivity index (χ3v) is 4.15. The van der Waals surface area contributed by atoms with Crippen molar-refractivity contribution < 1.29 is 9.53 Å². The van der Waals surface area contributed by atoms with Crippen molar-refractivity contribution in [1.82, 2.24) is 14.9 Å². The maximum atomic E-state index is 12.8. The second-order valence-electron chi connectivity index (χ2n) is 5.63. The largest absolute Gasteiger partial charge is 0.497 e. The van der Waals surface area contributed by atoms with Crippen LogP contribution in [0.25, 0.3) is 10.9 Å². The van der Waals surface area contributed by atoms with E-state index < -0.39 is 0 Å². The lowest BCUT2D eigenvalue weighted by atomic mass is 10.2. The number of fused-ring (bicyclic) bond motifs is 1. The van der Waals surface area contributed by atoms with Crippen molar-refractivity contribution in [3.05, 3.63) is 60.0 Å². The van der Waals surface area contributed by atoms with Crippen LogP contribution in [-0.2, 0) is 6.42 Å². The van der Waals surface area contributed by atoms with E-state index in [1.807, 2.05) is 48.2 Å². The number of hydrogen-bond acceptors (Lipinski definition) is 3. The SMILES string of the molecule is CCN(CCc1ccncc1)C(=O)c1cc2cc(OC)ccc2[nH]1. The van der Waals surface area contributed by atoms with E-state index in [0.29, 0.717) is 18.8 Å². The zero-order valence-corrected chi connectivity index (χ0v) is 14.0. The van der Waals surface area contributed by atoms with E-state index in [9.17, 15) is 4.79 Å². The summed E-state index contributed by atoms with van der Waals surface area (Å²) in [5.41, 5.74) is 2.72. The number of carbonyl (C=O) groups excluding carboxylic acids is 1. The Bertz CT molecular complexity index is 827. The van der Waals surface area contributed by atoms with Gasteiger partial charge in [0.25, 0.3) is 5.91 Å². The summed E-state index contributed by atoms with van der Waals surface area (Å²) in [7, 11) is 1.64. The van der Waals surface area contributed by atoms with Crippen LogP contribution >= 0.6 is 0 Å². The second kappa shape index (κ2) is 7.17. The van der Waals surface area contributed by atoms with Crippen LogP contribution < -0.4 is 4.74 Å². The van der Waals surface area contributed by atoms with Gasteiger partial charge in [-0.1, -0.05) is 0 Å². The molecule has 0 spiro atoms. The standard InChI is InChI=1S/C19H21N3O2/c1-3-22(11-8-14-6-9-20-10-7-14)19(23)18-13-15-12-16(24-2)4-5-17(15)21-18/h4-7,9-10,12-13,21H,3,8,11H2,1-2H3. The van der Waals surface area contributed by atoms with E-state index in [1.54, 1.807) is 19.5 Å². The summed E-state index contributed by atoms with van der Waals surface area (Å²) in [4.78, 5) is 21.8. The van der Waals surface area contributed by atoms with Gasteiger partial charge in [0.1, 0.15) is 11.4 Å². The van der Waals surface area contributed by atoms with E-state index in [-0.39, 0.29) is 5.91 Å². The predicted octanol–water partition coefficient (Wildman–Crippen LogP) is 3.28. The summed E-state index contributed by atoms with van der Waals surface area (Å²) >= 11 is 0. The first kappa shape index (κ1) is 16.1. The van der Waals surface area contributed by atoms with Gasteiger partial charge in [-0.3, -0.25) is 9.78 Å². The van der Waals surface area contributed by atoms with Crippen LogP contribution in [0.4, 0.5) is 0 Å². The van der Waals surface area contributed by atoms with Crippen molar-refractivity contribution in [2.75, 3.05) is 20.2 Å². The average Bonchev–Trinajstić information content (AvgIpc) is 3.06. The Kier molecular flexibility index (Phi) is 4.79. The van der Waals surface area contributed by atoms with E-state index in [1.165, 1.54) is 5.56 Å². The van der Waals surface area contributed by atoms with Gasteiger partial charge in [0.15, 0.2) is 0 Å². The Morgan fingerprint density at radius 1 is 1.21 bits per heavy atom. The van der Waals surface area contributed by atoms with Gasteiger partial charge in [-0.05, 0) is 55.3 Å². The molecular weight excluding hydrogens is 302 g/mol. The minimum Gasteiger partial charge on any atom is -0.497 e. The summed E-state index contributed by atoms with van der Waals surface area (Å²) in [6.07, 6.45) is 4.37. The normalized spacial score (nSPS) is 10.8. The number of H-pyrrole nitrogens is 1. The van der Waals surface area contributed by atoms with Gasteiger partial charge < -0.3 is 14.6 Å². The Morgan fingerprint density at radius 2 is 2.00 bits per heavy atom. The minimum atomic E-state index is 0.0155. The highest BCUT2D eigenvalue weighted by Gasteiger charge is 2.16. The molecule has 24 heavy (non-hydrogen) atoms. The zero-order valence-electron chi connectivity index (χ0n) is 14.0. The van der Waals surface area contributed by atoms with Gasteiger partial charge in [0.2, 0.25) is 0 Å². The molecule has 0 saturated heterocycles. The number of benzene rings is 1. The lowest BCUT2D eigenvalue weighted by Gasteiger charge is -2.20. The Morgan fingerprint density at radius 3 is 2.71 bits per heavy atom. The van der Waals surface area contributed by atoms with E-state index >= 15 is 0 Å². The Hall–Kier alpha value is -2.82. The summed E-state index contributed by atoms with van der Waals surface area (Å²) in [6.45, 7) is 3.34. The van der Waals surface area contributed by atoms with Crippen LogP contribution in [0.3, 0.4) is 0 Å². The van der Waals surface area contributed by atoms with Crippen molar-refractivity contribution >= 4 is 16.8 Å². The van der Waals surface area contributed by atoms with Gasteiger partial charge in [-0.15, -0.1) is 0 Å². The molecule has 1 amide bonds. The van der Waals surface area contributed by atoms with Crippen molar-refractivity contribution in [1.29, 1.82) is 0 Å². The molecule has 1 N–H and O–H groups in total. The van der Waals surface area contributed by atoms with Crippen molar-refractivity contribution in [3.63, 3.8) is 0 Å². The Balaban J connectivity index is 1.75. The number of nitrogens with zero attached hydrogens (tertiary/aromatic N) is 2. The number of methoxy groups -OCH3 is 1. The number of hydrogen-bond donors (Lipinski definition) is 1. The van der Waals surface area contributed by atoms with Crippen LogP contribution in [0, 0.1) is 0 Å². The number of ether oxygens (including phenoxy) is 1. The number of carbonyl (C=O) groups is 1. The molecule has 0 fully saturated rings. The summed E-state index contributed by atoms with van der Waals surface area (Å²) in [5.74, 6) is 0.798. The fraction of sp³-hybridized carbons (Fsp3) is 0.263. The monoisotopic (exact) mass is 323 g/mol. The highest BCUT2D eigenvalue weighted by atomic mass is 16.5. The van der Waals surface area contributed by atoms with Crippen LogP contribution in [0.2, 0.25) is 0 Å². The first-order valence-electron chi connectivity index (χ1n) is 8.06. The van der Waals surface area contributed by atoms with Gasteiger partial charge in [0.05, 0.1) is 7.11 Å². The summed E-state index contributed by atoms with van der Waals surface area (Å²) in [5, 5.41) is 0.975. The lowest BCUT2D eigenvalue weighted by molar-refractivity contribution is 0.0761. The van der Waals surface area contributed by atoms with Gasteiger partial charge in [0, 0.05) is 36.4 Å². The maximum Gasteiger partial charge on any atom is 0.270 e. The van der Waals surface area contributed by atoms with Crippen LogP contribution in [0.1, 0.15) is 23.0 Å². The fourth-order valence-corrected chi connectivity index (χ4v) is 2.74. The van der Waals surface area contributed by atoms with Crippen molar-refractivity contribution in [2.24, 2.45) is 0 Å². The van der Waals surface area contributed by atoms with E-state index in [2.05, 4.69) is 9.97 Å². The smallest absolute Gasteiger partial charge is 0.270 e. The highest BCUT2D eigenvalue weighted by molar-refractivity contribution is 5.98. The fourth-order valence-electron chi connectivity index (χ4n) is 2.74. The van der Waals surface area contributed by atoms with E-state index in [0.717, 1.165) is 23.1 Å². The first-order valence-corrected chi connectivity index (χ1v) is 8.06. The van der Waals surface area contributed by atoms with Gasteiger partial charge in [-0.2, -0.15) is 0 Å². The molecule has 0 aliphatic carbocycles. The molecule has 0 radical (unpaired) electrons. The molecule has 2 heterocycles. The van der Waals surface area contributed by atoms with Crippen molar-refractivity contribution in [2.45, 2.75) is 13.3 Å². The van der Waals surface area contributed by atoms with Crippen molar-refractivity contribution in [3.8, 4) is 5.75 Å². The molecule has 0 bridgehead atoms. The maximum absolute atomic E-state index is 12.8. The van der Waals surface area contributed by atoms with Crippen LogP contribution in [0.5, 0.6) is 5.75 Å². The molecular formula is C19H21N3O2. The number of aromatic nitrogens is 2. The summed E-state index contributed by atoms with van der Waals surface area (Å²) < 4.78 is 5.23. The lowest BCUT2D eigenvalue weighted by Crippen LogP contribution is -2.32. The molecule has 0 saturated carbocycles. The Labute approximate surface area is 141 Å². The number of rotatable bonds is 6. The molecule has 3 rings (SSSR count). The molecule has 3 aromatic rings. The minimum absolute atomic E-state index is 0.0155. The highest BCUT2D eigenvalue weighted by Crippen LogP contribution is 2.22. The van der Waals surface area contributed by atoms with Crippen LogP contribution in [0.15, 0.2) is 48.8 Å².